The summed E-state index contributed by atoms with van der Waals surface area (Å²) >= 11 is 0. The van der Waals surface area contributed by atoms with Gasteiger partial charge in [-0.3, -0.25) is 9.59 Å². The van der Waals surface area contributed by atoms with Crippen molar-refractivity contribution in [2.75, 3.05) is 72.5 Å². The first kappa shape index (κ1) is 43.5. The third-order valence-corrected chi connectivity index (χ3v) is 6.72. The summed E-state index contributed by atoms with van der Waals surface area (Å²) < 4.78 is 21.5. The van der Waals surface area contributed by atoms with Crippen molar-refractivity contribution in [3.8, 4) is 0 Å². The number of nitrogens with two attached hydrogens (primary N) is 3. The van der Waals surface area contributed by atoms with E-state index in [2.05, 4.69) is 16.0 Å². The molecule has 1 aromatic rings. The Morgan fingerprint density at radius 3 is 1.76 bits per heavy atom. The molecule has 2 atom stereocenters. The molecule has 19 nitrogen and oxygen atoms in total. The molecule has 0 heterocycles. The van der Waals surface area contributed by atoms with Gasteiger partial charge >= 0.3 is 23.9 Å². The lowest BCUT2D eigenvalue weighted by atomic mass is 10.1. The average Bonchev–Trinajstić information content (AvgIpc) is 3.07. The highest BCUT2D eigenvalue weighted by atomic mass is 16.6. The number of unbranched alkanes of at least 4 members (excludes halogenated alkanes) is 1. The van der Waals surface area contributed by atoms with Gasteiger partial charge in [0.15, 0.2) is 0 Å². The standard InChI is InChI=1S/C31H51N7O12/c32-10-13-47-15-17-49-19-20-50-18-16-48-14-12-38(34)21-24(33)22-4-6-23(7-5-22)28(41)35-11-2-1-3-25(29(42)43)36-31(46)37-26(30(44)45)8-9-27(39)40/h4-7,21,25-26H,1-3,8-20,32-34H2,(H,35,41)(H,39,40)(H,42,43)(H,44,45)(H2,36,37,46)/b24-21-/t25-,26-/m0/s1. The number of hydrogen-bond donors (Lipinski definition) is 9. The van der Waals surface area contributed by atoms with Crippen LogP contribution in [-0.4, -0.2) is 135 Å². The molecule has 19 heteroatoms. The maximum Gasteiger partial charge on any atom is 0.326 e. The Hall–Kier alpha value is -4.53. The summed E-state index contributed by atoms with van der Waals surface area (Å²) in [5, 5.41) is 35.6. The SMILES string of the molecule is NCCOCCOCCOCCOCCN(N)/C=C(\N)c1ccc(C(=O)NCCCC[C@H](NC(=O)N[C@@H](CCC(=O)O)C(=O)O)C(=O)O)cc1. The van der Waals surface area contributed by atoms with Crippen molar-refractivity contribution in [3.05, 3.63) is 41.6 Å². The predicted molar refractivity (Wildman–Crippen MR) is 179 cm³/mol. The van der Waals surface area contributed by atoms with E-state index in [0.29, 0.717) is 95.6 Å². The molecule has 0 saturated carbocycles. The zero-order valence-corrected chi connectivity index (χ0v) is 28.1. The minimum atomic E-state index is -1.49. The number of rotatable bonds is 29. The van der Waals surface area contributed by atoms with Crippen LogP contribution in [0.2, 0.25) is 0 Å². The number of ether oxygens (including phenoxy) is 4. The highest BCUT2D eigenvalue weighted by Gasteiger charge is 2.24. The number of nitrogens with one attached hydrogen (secondary N) is 3. The van der Waals surface area contributed by atoms with E-state index in [1.807, 2.05) is 0 Å². The van der Waals surface area contributed by atoms with Crippen LogP contribution in [-0.2, 0) is 33.3 Å². The molecule has 50 heavy (non-hydrogen) atoms. The van der Waals surface area contributed by atoms with Crippen LogP contribution in [0.25, 0.3) is 5.70 Å². The highest BCUT2D eigenvalue weighted by molar-refractivity contribution is 5.94. The monoisotopic (exact) mass is 713 g/mol. The van der Waals surface area contributed by atoms with Crippen molar-refractivity contribution in [1.29, 1.82) is 0 Å². The lowest BCUT2D eigenvalue weighted by Gasteiger charge is -2.18. The number of hydrazine groups is 1. The number of urea groups is 1. The van der Waals surface area contributed by atoms with Crippen LogP contribution in [0.15, 0.2) is 30.5 Å². The summed E-state index contributed by atoms with van der Waals surface area (Å²) in [4.78, 5) is 58.1. The fourth-order valence-corrected chi connectivity index (χ4v) is 4.07. The predicted octanol–water partition coefficient (Wildman–Crippen LogP) is -0.885. The Balaban J connectivity index is 2.32. The summed E-state index contributed by atoms with van der Waals surface area (Å²) in [5.41, 5.74) is 12.9. The van der Waals surface area contributed by atoms with Crippen molar-refractivity contribution in [1.82, 2.24) is 21.0 Å². The first-order chi connectivity index (χ1) is 23.9. The molecule has 0 bridgehead atoms. The fraction of sp³-hybridized carbons (Fsp3) is 0.581. The molecule has 282 valence electrons. The number of carboxylic acid groups (broad SMARTS) is 3. The molecule has 12 N–H and O–H groups in total. The Labute approximate surface area is 290 Å². The Kier molecular flexibility index (Phi) is 22.9. The molecule has 0 aliphatic rings. The molecule has 0 aliphatic carbocycles. The molecule has 1 aromatic carbocycles. The van der Waals surface area contributed by atoms with Gasteiger partial charge in [0.1, 0.15) is 12.1 Å². The normalized spacial score (nSPS) is 12.5. The number of hydrogen-bond acceptors (Lipinski definition) is 13. The van der Waals surface area contributed by atoms with E-state index in [9.17, 15) is 29.1 Å². The third-order valence-electron chi connectivity index (χ3n) is 6.72. The van der Waals surface area contributed by atoms with Gasteiger partial charge in [0.2, 0.25) is 0 Å². The minimum Gasteiger partial charge on any atom is -0.481 e. The van der Waals surface area contributed by atoms with Crippen LogP contribution >= 0.6 is 0 Å². The summed E-state index contributed by atoms with van der Waals surface area (Å²) in [6.07, 6.45) is 1.41. The molecule has 0 fully saturated rings. The smallest absolute Gasteiger partial charge is 0.326 e. The number of carbonyl (C=O) groups excluding carboxylic acids is 2. The lowest BCUT2D eigenvalue weighted by molar-refractivity contribution is -0.140. The Morgan fingerprint density at radius 2 is 1.24 bits per heavy atom. The molecule has 0 aliphatic heterocycles. The molecule has 0 unspecified atom stereocenters. The second-order valence-electron chi connectivity index (χ2n) is 10.7. The van der Waals surface area contributed by atoms with Crippen LogP contribution in [0.5, 0.6) is 0 Å². The van der Waals surface area contributed by atoms with E-state index in [0.717, 1.165) is 0 Å². The van der Waals surface area contributed by atoms with Gasteiger partial charge in [0, 0.05) is 31.3 Å². The molecule has 3 amide bonds. The molecule has 0 saturated heterocycles. The summed E-state index contributed by atoms with van der Waals surface area (Å²) in [5.74, 6) is 1.62. The van der Waals surface area contributed by atoms with Gasteiger partial charge in [-0.1, -0.05) is 12.1 Å². The maximum atomic E-state index is 12.5. The molecule has 0 aromatic heterocycles. The van der Waals surface area contributed by atoms with Crippen molar-refractivity contribution in [2.45, 2.75) is 44.2 Å². The van der Waals surface area contributed by atoms with E-state index in [1.54, 1.807) is 30.5 Å². The molecule has 0 radical (unpaired) electrons. The Morgan fingerprint density at radius 1 is 0.740 bits per heavy atom. The summed E-state index contributed by atoms with van der Waals surface area (Å²) in [6, 6.07) is 2.67. The van der Waals surface area contributed by atoms with Crippen LogP contribution in [0.3, 0.4) is 0 Å². The van der Waals surface area contributed by atoms with Crippen molar-refractivity contribution in [2.24, 2.45) is 17.3 Å². The van der Waals surface area contributed by atoms with Gasteiger partial charge in [-0.05, 0) is 43.4 Å². The molecular weight excluding hydrogens is 662 g/mol. The van der Waals surface area contributed by atoms with Crippen molar-refractivity contribution < 1.29 is 58.2 Å². The third kappa shape index (κ3) is 20.8. The summed E-state index contributed by atoms with van der Waals surface area (Å²) in [7, 11) is 0. The van der Waals surface area contributed by atoms with Gasteiger partial charge in [-0.15, -0.1) is 0 Å². The minimum absolute atomic E-state index is 0.00783. The van der Waals surface area contributed by atoms with Crippen LogP contribution in [0, 0.1) is 0 Å². The average molecular weight is 714 g/mol. The molecule has 0 spiro atoms. The number of nitrogens with zero attached hydrogens (tertiary/aromatic N) is 1. The van der Waals surface area contributed by atoms with Crippen LogP contribution < -0.4 is 33.3 Å². The second-order valence-corrected chi connectivity index (χ2v) is 10.7. The van der Waals surface area contributed by atoms with Gasteiger partial charge in [0.05, 0.1) is 65.1 Å². The van der Waals surface area contributed by atoms with Gasteiger partial charge in [-0.2, -0.15) is 0 Å². The second kappa shape index (κ2) is 26.4. The number of amides is 3. The van der Waals surface area contributed by atoms with Crippen LogP contribution in [0.4, 0.5) is 4.79 Å². The number of carboxylic acids is 3. The van der Waals surface area contributed by atoms with E-state index < -0.39 is 42.4 Å². The zero-order valence-electron chi connectivity index (χ0n) is 28.1. The number of carbonyl (C=O) groups is 5. The maximum absolute atomic E-state index is 12.5. The number of aliphatic carboxylic acids is 3. The highest BCUT2D eigenvalue weighted by Crippen LogP contribution is 2.11. The van der Waals surface area contributed by atoms with Crippen molar-refractivity contribution >= 4 is 35.5 Å². The summed E-state index contributed by atoms with van der Waals surface area (Å²) in [6.45, 7) is 4.64. The van der Waals surface area contributed by atoms with E-state index >= 15 is 0 Å². The largest absolute Gasteiger partial charge is 0.481 e. The van der Waals surface area contributed by atoms with Crippen molar-refractivity contribution in [3.63, 3.8) is 0 Å². The zero-order chi connectivity index (χ0) is 37.1. The Bertz CT molecular complexity index is 1200. The van der Waals surface area contributed by atoms with Gasteiger partial charge in [0.25, 0.3) is 5.91 Å². The van der Waals surface area contributed by atoms with Gasteiger partial charge < -0.3 is 66.7 Å². The van der Waals surface area contributed by atoms with E-state index in [1.165, 1.54) is 5.01 Å². The fourth-order valence-electron chi connectivity index (χ4n) is 4.07. The van der Waals surface area contributed by atoms with E-state index in [4.69, 9.17) is 46.5 Å². The van der Waals surface area contributed by atoms with Crippen LogP contribution in [0.1, 0.15) is 48.0 Å². The lowest BCUT2D eigenvalue weighted by Crippen LogP contribution is -2.51. The van der Waals surface area contributed by atoms with E-state index in [-0.39, 0.29) is 25.3 Å². The first-order valence-corrected chi connectivity index (χ1v) is 16.1. The number of benzene rings is 1. The first-order valence-electron chi connectivity index (χ1n) is 16.1. The topological polar surface area (TPSA) is 300 Å². The quantitative estimate of drug-likeness (QED) is 0.0276. The van der Waals surface area contributed by atoms with Gasteiger partial charge in [-0.25, -0.2) is 20.2 Å². The molecule has 1 rings (SSSR count). The molecular formula is C31H51N7O12.